The Balaban J connectivity index is 1.59. The number of carbonyl (C=O) groups is 2. The SMILES string of the molecule is CCN(CC)S(=O)(=O)c1ccc2c(c1)CCN2C(=O)CC1c2ccccc2C=CN1C(C)=O. The molecule has 0 aliphatic carbocycles. The lowest BCUT2D eigenvalue weighted by Gasteiger charge is -2.33. The zero-order valence-electron chi connectivity index (χ0n) is 19.2. The third-order valence-corrected chi connectivity index (χ3v) is 8.47. The highest BCUT2D eigenvalue weighted by Gasteiger charge is 2.33. The molecule has 2 aliphatic rings. The van der Waals surface area contributed by atoms with Gasteiger partial charge in [-0.25, -0.2) is 8.42 Å². The van der Waals surface area contributed by atoms with E-state index in [9.17, 15) is 18.0 Å². The number of anilines is 1. The molecule has 0 fully saturated rings. The second kappa shape index (κ2) is 9.11. The van der Waals surface area contributed by atoms with Gasteiger partial charge in [0.15, 0.2) is 0 Å². The lowest BCUT2D eigenvalue weighted by molar-refractivity contribution is -0.129. The summed E-state index contributed by atoms with van der Waals surface area (Å²) in [5, 5.41) is 0. The molecule has 7 nitrogen and oxygen atoms in total. The van der Waals surface area contributed by atoms with Crippen LogP contribution in [0.15, 0.2) is 53.6 Å². The van der Waals surface area contributed by atoms with E-state index in [-0.39, 0.29) is 29.2 Å². The standard InChI is InChI=1S/C25H29N3O4S/c1-4-26(5-2)33(31,32)21-10-11-23-20(16-21)13-15-28(23)25(30)17-24-22-9-7-6-8-19(22)12-14-27(24)18(3)29/h6-12,14,16,24H,4-5,13,15,17H2,1-3H3. The first-order valence-corrected chi connectivity index (χ1v) is 12.7. The Morgan fingerprint density at radius 1 is 1.09 bits per heavy atom. The van der Waals surface area contributed by atoms with Crippen LogP contribution in [-0.4, -0.2) is 49.1 Å². The Kier molecular flexibility index (Phi) is 6.41. The van der Waals surface area contributed by atoms with Crippen molar-refractivity contribution in [2.24, 2.45) is 0 Å². The number of sulfonamides is 1. The highest BCUT2D eigenvalue weighted by molar-refractivity contribution is 7.89. The molecule has 33 heavy (non-hydrogen) atoms. The fraction of sp³-hybridized carbons (Fsp3) is 0.360. The molecular weight excluding hydrogens is 438 g/mol. The predicted molar refractivity (Wildman–Crippen MR) is 128 cm³/mol. The van der Waals surface area contributed by atoms with E-state index in [0.29, 0.717) is 26.1 Å². The summed E-state index contributed by atoms with van der Waals surface area (Å²) < 4.78 is 27.2. The zero-order chi connectivity index (χ0) is 23.8. The average molecular weight is 468 g/mol. The van der Waals surface area contributed by atoms with Crippen LogP contribution in [0.2, 0.25) is 0 Å². The molecule has 1 unspecified atom stereocenters. The van der Waals surface area contributed by atoms with Gasteiger partial charge in [-0.05, 0) is 47.4 Å². The van der Waals surface area contributed by atoms with Crippen molar-refractivity contribution in [2.45, 2.75) is 44.6 Å². The van der Waals surface area contributed by atoms with Crippen LogP contribution in [0, 0.1) is 0 Å². The molecule has 0 bridgehead atoms. The lowest BCUT2D eigenvalue weighted by atomic mass is 9.93. The molecule has 2 aromatic rings. The number of rotatable bonds is 6. The second-order valence-electron chi connectivity index (χ2n) is 8.27. The maximum absolute atomic E-state index is 13.4. The van der Waals surface area contributed by atoms with Crippen LogP contribution in [0.1, 0.15) is 49.9 Å². The van der Waals surface area contributed by atoms with Crippen molar-refractivity contribution in [3.63, 3.8) is 0 Å². The summed E-state index contributed by atoms with van der Waals surface area (Å²) in [5.74, 6) is -0.207. The normalized spacial score (nSPS) is 17.3. The van der Waals surface area contributed by atoms with Gasteiger partial charge in [-0.3, -0.25) is 9.59 Å². The van der Waals surface area contributed by atoms with E-state index in [1.165, 1.54) is 11.2 Å². The number of carbonyl (C=O) groups excluding carboxylic acids is 2. The monoisotopic (exact) mass is 467 g/mol. The minimum absolute atomic E-state index is 0.0885. The van der Waals surface area contributed by atoms with E-state index in [0.717, 1.165) is 22.4 Å². The molecular formula is C25H29N3O4S. The Morgan fingerprint density at radius 3 is 2.52 bits per heavy atom. The summed E-state index contributed by atoms with van der Waals surface area (Å²) in [7, 11) is -3.56. The first-order chi connectivity index (χ1) is 15.8. The van der Waals surface area contributed by atoms with E-state index in [2.05, 4.69) is 0 Å². The molecule has 174 valence electrons. The predicted octanol–water partition coefficient (Wildman–Crippen LogP) is 3.57. The van der Waals surface area contributed by atoms with Crippen molar-refractivity contribution < 1.29 is 18.0 Å². The van der Waals surface area contributed by atoms with Crippen LogP contribution in [0.5, 0.6) is 0 Å². The fourth-order valence-corrected chi connectivity index (χ4v) is 6.21. The number of nitrogens with zero attached hydrogens (tertiary/aromatic N) is 3. The lowest BCUT2D eigenvalue weighted by Crippen LogP contribution is -2.37. The van der Waals surface area contributed by atoms with Crippen LogP contribution in [0.4, 0.5) is 5.69 Å². The average Bonchev–Trinajstić information content (AvgIpc) is 3.23. The summed E-state index contributed by atoms with van der Waals surface area (Å²) in [5.41, 5.74) is 3.54. The van der Waals surface area contributed by atoms with Gasteiger partial charge >= 0.3 is 0 Å². The fourth-order valence-electron chi connectivity index (χ4n) is 4.70. The molecule has 2 aliphatic heterocycles. The summed E-state index contributed by atoms with van der Waals surface area (Å²) >= 11 is 0. The molecule has 2 amide bonds. The van der Waals surface area contributed by atoms with Gasteiger partial charge in [0.25, 0.3) is 0 Å². The van der Waals surface area contributed by atoms with Crippen molar-refractivity contribution in [2.75, 3.05) is 24.5 Å². The topological polar surface area (TPSA) is 78.0 Å². The summed E-state index contributed by atoms with van der Waals surface area (Å²) in [4.78, 5) is 29.2. The van der Waals surface area contributed by atoms with Gasteiger partial charge in [-0.15, -0.1) is 0 Å². The van der Waals surface area contributed by atoms with Crippen molar-refractivity contribution >= 4 is 33.6 Å². The van der Waals surface area contributed by atoms with Crippen LogP contribution < -0.4 is 4.90 Å². The first-order valence-electron chi connectivity index (χ1n) is 11.3. The number of fused-ring (bicyclic) bond motifs is 2. The molecule has 2 aromatic carbocycles. The van der Waals surface area contributed by atoms with Gasteiger partial charge < -0.3 is 9.80 Å². The molecule has 0 spiro atoms. The van der Waals surface area contributed by atoms with E-state index >= 15 is 0 Å². The van der Waals surface area contributed by atoms with Crippen LogP contribution >= 0.6 is 0 Å². The quantitative estimate of drug-likeness (QED) is 0.651. The van der Waals surface area contributed by atoms with Gasteiger partial charge in [0, 0.05) is 38.4 Å². The molecule has 0 saturated heterocycles. The smallest absolute Gasteiger partial charge is 0.243 e. The second-order valence-corrected chi connectivity index (χ2v) is 10.2. The van der Waals surface area contributed by atoms with E-state index < -0.39 is 10.0 Å². The van der Waals surface area contributed by atoms with Crippen LogP contribution in [-0.2, 0) is 26.0 Å². The van der Waals surface area contributed by atoms with E-state index in [4.69, 9.17) is 0 Å². The highest BCUT2D eigenvalue weighted by atomic mass is 32.2. The van der Waals surface area contributed by atoms with Gasteiger partial charge in [0.2, 0.25) is 21.8 Å². The minimum atomic E-state index is -3.56. The third kappa shape index (κ3) is 4.20. The molecule has 2 heterocycles. The number of benzene rings is 2. The van der Waals surface area contributed by atoms with Gasteiger partial charge in [-0.1, -0.05) is 38.1 Å². The molecule has 8 heteroatoms. The van der Waals surface area contributed by atoms with Gasteiger partial charge in [-0.2, -0.15) is 4.31 Å². The van der Waals surface area contributed by atoms with Gasteiger partial charge in [0.1, 0.15) is 0 Å². The summed E-state index contributed by atoms with van der Waals surface area (Å²) in [6.07, 6.45) is 4.38. The van der Waals surface area contributed by atoms with E-state index in [1.54, 1.807) is 34.2 Å². The first kappa shape index (κ1) is 23.2. The third-order valence-electron chi connectivity index (χ3n) is 6.43. The maximum Gasteiger partial charge on any atom is 0.243 e. The Bertz CT molecular complexity index is 1220. The maximum atomic E-state index is 13.4. The van der Waals surface area contributed by atoms with Crippen LogP contribution in [0.25, 0.3) is 6.08 Å². The Hall–Kier alpha value is -2.97. The van der Waals surface area contributed by atoms with Gasteiger partial charge in [0.05, 0.1) is 17.4 Å². The van der Waals surface area contributed by atoms with Crippen molar-refractivity contribution in [1.82, 2.24) is 9.21 Å². The molecule has 4 rings (SSSR count). The van der Waals surface area contributed by atoms with Crippen LogP contribution in [0.3, 0.4) is 0 Å². The largest absolute Gasteiger partial charge is 0.312 e. The molecule has 0 N–H and O–H groups in total. The molecule has 0 saturated carbocycles. The molecule has 0 radical (unpaired) electrons. The number of amides is 2. The summed E-state index contributed by atoms with van der Waals surface area (Å²) in [6, 6.07) is 12.4. The number of hydrogen-bond donors (Lipinski definition) is 0. The van der Waals surface area contributed by atoms with Crippen molar-refractivity contribution in [3.05, 3.63) is 65.4 Å². The molecule has 0 aromatic heterocycles. The highest BCUT2D eigenvalue weighted by Crippen LogP contribution is 2.36. The Labute approximate surface area is 195 Å². The van der Waals surface area contributed by atoms with Crippen molar-refractivity contribution in [3.8, 4) is 0 Å². The van der Waals surface area contributed by atoms with Crippen molar-refractivity contribution in [1.29, 1.82) is 0 Å². The minimum Gasteiger partial charge on any atom is -0.312 e. The zero-order valence-corrected chi connectivity index (χ0v) is 20.0. The Morgan fingerprint density at radius 2 is 1.82 bits per heavy atom. The van der Waals surface area contributed by atoms with E-state index in [1.807, 2.05) is 44.2 Å². The number of hydrogen-bond acceptors (Lipinski definition) is 4. The molecule has 1 atom stereocenters. The summed E-state index contributed by atoms with van der Waals surface area (Å²) in [6.45, 7) is 6.44.